The van der Waals surface area contributed by atoms with Crippen LogP contribution in [0.3, 0.4) is 0 Å². The lowest BCUT2D eigenvalue weighted by molar-refractivity contribution is -0.490. The van der Waals surface area contributed by atoms with Crippen LogP contribution in [0.25, 0.3) is 0 Å². The number of pyridine rings is 1. The number of nitro groups is 1. The number of carboxylic acids is 1. The maximum atomic E-state index is 10.4. The number of hydrogen-bond donors (Lipinski definition) is 2. The molecule has 0 radical (unpaired) electrons. The number of hydrogen-bond acceptors (Lipinski definition) is 3. The van der Waals surface area contributed by atoms with Gasteiger partial charge in [-0.25, -0.2) is 14.9 Å². The molecule has 0 aromatic carbocycles. The minimum Gasteiger partial charge on any atom is -0.478 e. The van der Waals surface area contributed by atoms with Crippen LogP contribution >= 0.6 is 0 Å². The van der Waals surface area contributed by atoms with Gasteiger partial charge in [0.2, 0.25) is 5.49 Å². The number of H-pyrrole nitrogens is 1. The Balaban J connectivity index is 3.20. The number of carbonyl (C=O) groups is 1. The predicted octanol–water partition coefficient (Wildman–Crippen LogP) is -0.195. The molecule has 0 aliphatic rings. The fourth-order valence-corrected chi connectivity index (χ4v) is 0.733. The van der Waals surface area contributed by atoms with Gasteiger partial charge in [0.15, 0.2) is 5.03 Å². The van der Waals surface area contributed by atoms with Crippen molar-refractivity contribution in [3.05, 3.63) is 39.5 Å². The van der Waals surface area contributed by atoms with E-state index in [1.165, 1.54) is 12.3 Å². The highest BCUT2D eigenvalue weighted by atomic mass is 16.7. The van der Waals surface area contributed by atoms with E-state index in [9.17, 15) is 14.9 Å². The first-order chi connectivity index (χ1) is 6.09. The molecular formula is C6H5N3O4. The quantitative estimate of drug-likeness (QED) is 0.489. The van der Waals surface area contributed by atoms with Crippen LogP contribution in [-0.2, 0) is 0 Å². The summed E-state index contributed by atoms with van der Waals surface area (Å²) >= 11 is 0. The minimum absolute atomic E-state index is 0.0562. The Morgan fingerprint density at radius 2 is 2.38 bits per heavy atom. The Bertz CT molecular complexity index is 408. The molecule has 0 bridgehead atoms. The Kier molecular flexibility index (Phi) is 2.38. The van der Waals surface area contributed by atoms with E-state index in [1.807, 2.05) is 0 Å². The van der Waals surface area contributed by atoms with Gasteiger partial charge in [0, 0.05) is 12.3 Å². The molecule has 1 aromatic heterocycles. The lowest BCUT2D eigenvalue weighted by Gasteiger charge is -1.90. The van der Waals surface area contributed by atoms with E-state index in [0.717, 1.165) is 6.07 Å². The molecule has 68 valence electrons. The van der Waals surface area contributed by atoms with Crippen LogP contribution in [0, 0.1) is 10.1 Å². The fourth-order valence-electron chi connectivity index (χ4n) is 0.733. The topological polar surface area (TPSA) is 109 Å². The molecule has 0 fully saturated rings. The largest absolute Gasteiger partial charge is 0.478 e. The first-order valence-electron chi connectivity index (χ1n) is 3.20. The first-order valence-corrected chi connectivity index (χ1v) is 3.20. The Morgan fingerprint density at radius 3 is 2.92 bits per heavy atom. The summed E-state index contributed by atoms with van der Waals surface area (Å²) in [5.74, 6) is -1.16. The number of rotatable bonds is 2. The maximum Gasteiger partial charge on any atom is 0.335 e. The molecule has 13 heavy (non-hydrogen) atoms. The fraction of sp³-hybridized carbons (Fsp3) is 0. The molecular weight excluding hydrogens is 178 g/mol. The lowest BCUT2D eigenvalue weighted by atomic mass is 10.3. The molecule has 7 heteroatoms. The summed E-state index contributed by atoms with van der Waals surface area (Å²) in [4.78, 5) is 22.8. The SMILES string of the molecule is O=C(O)c1cc[nH]c(=N[N+](=O)[O-])c1. The van der Waals surface area contributed by atoms with Crippen molar-refractivity contribution in [3.63, 3.8) is 0 Å². The number of aromatic amines is 1. The monoisotopic (exact) mass is 183 g/mol. The first kappa shape index (κ1) is 8.91. The van der Waals surface area contributed by atoms with Gasteiger partial charge in [-0.2, -0.15) is 0 Å². The zero-order valence-corrected chi connectivity index (χ0v) is 6.30. The Labute approximate surface area is 71.5 Å². The number of nitrogens with one attached hydrogen (secondary N) is 1. The molecule has 0 aliphatic heterocycles. The molecule has 0 amide bonds. The van der Waals surface area contributed by atoms with Crippen LogP contribution < -0.4 is 5.49 Å². The number of carboxylic acid groups (broad SMARTS) is 1. The summed E-state index contributed by atoms with van der Waals surface area (Å²) < 4.78 is 0. The van der Waals surface area contributed by atoms with Crippen molar-refractivity contribution in [2.45, 2.75) is 0 Å². The smallest absolute Gasteiger partial charge is 0.335 e. The molecule has 2 N–H and O–H groups in total. The summed E-state index contributed by atoms with van der Waals surface area (Å²) in [6.45, 7) is 0. The van der Waals surface area contributed by atoms with Gasteiger partial charge in [-0.05, 0) is 6.07 Å². The predicted molar refractivity (Wildman–Crippen MR) is 40.3 cm³/mol. The highest BCUT2D eigenvalue weighted by molar-refractivity contribution is 5.87. The van der Waals surface area contributed by atoms with Crippen molar-refractivity contribution in [3.8, 4) is 0 Å². The summed E-state index contributed by atoms with van der Waals surface area (Å²) in [6.07, 6.45) is 1.27. The molecule has 0 saturated carbocycles. The minimum atomic E-state index is -1.16. The van der Waals surface area contributed by atoms with Crippen molar-refractivity contribution < 1.29 is 14.9 Å². The van der Waals surface area contributed by atoms with Gasteiger partial charge < -0.3 is 10.1 Å². The highest BCUT2D eigenvalue weighted by Gasteiger charge is 2.01. The average molecular weight is 183 g/mol. The van der Waals surface area contributed by atoms with E-state index in [2.05, 4.69) is 10.1 Å². The number of aromatic nitrogens is 1. The van der Waals surface area contributed by atoms with Crippen LogP contribution in [0.15, 0.2) is 23.4 Å². The van der Waals surface area contributed by atoms with Gasteiger partial charge in [-0.1, -0.05) is 0 Å². The third kappa shape index (κ3) is 2.40. The molecule has 1 aromatic rings. The highest BCUT2D eigenvalue weighted by Crippen LogP contribution is 1.91. The third-order valence-corrected chi connectivity index (χ3v) is 1.22. The van der Waals surface area contributed by atoms with E-state index in [4.69, 9.17) is 5.11 Å². The standard InChI is InChI=1S/C6H5N3O4/c10-6(11)4-1-2-7-5(3-4)8-9(12)13/h1-3H,(H,7,8)(H,10,11). The van der Waals surface area contributed by atoms with E-state index in [0.29, 0.717) is 0 Å². The normalized spacial score (nSPS) is 11.2. The van der Waals surface area contributed by atoms with Crippen molar-refractivity contribution in [2.75, 3.05) is 0 Å². The molecule has 0 atom stereocenters. The average Bonchev–Trinajstić information content (AvgIpc) is 2.03. The Hall–Kier alpha value is -2.18. The van der Waals surface area contributed by atoms with E-state index < -0.39 is 11.0 Å². The van der Waals surface area contributed by atoms with Crippen molar-refractivity contribution in [1.82, 2.24) is 4.98 Å². The van der Waals surface area contributed by atoms with Crippen molar-refractivity contribution in [2.24, 2.45) is 5.10 Å². The van der Waals surface area contributed by atoms with Gasteiger partial charge >= 0.3 is 5.97 Å². The van der Waals surface area contributed by atoms with E-state index >= 15 is 0 Å². The van der Waals surface area contributed by atoms with Crippen molar-refractivity contribution >= 4 is 5.97 Å². The van der Waals surface area contributed by atoms with E-state index in [-0.39, 0.29) is 11.1 Å². The zero-order valence-electron chi connectivity index (χ0n) is 6.30. The molecule has 0 aliphatic carbocycles. The second kappa shape index (κ2) is 3.48. The van der Waals surface area contributed by atoms with Gasteiger partial charge in [-0.3, -0.25) is 0 Å². The van der Waals surface area contributed by atoms with Crippen LogP contribution in [0.4, 0.5) is 0 Å². The number of aromatic carboxylic acids is 1. The van der Waals surface area contributed by atoms with Crippen LogP contribution in [-0.4, -0.2) is 21.1 Å². The second-order valence-electron chi connectivity index (χ2n) is 2.11. The third-order valence-electron chi connectivity index (χ3n) is 1.22. The Morgan fingerprint density at radius 1 is 1.69 bits per heavy atom. The second-order valence-corrected chi connectivity index (χ2v) is 2.11. The van der Waals surface area contributed by atoms with Gasteiger partial charge in [-0.15, -0.1) is 0 Å². The van der Waals surface area contributed by atoms with Gasteiger partial charge in [0.25, 0.3) is 0 Å². The van der Waals surface area contributed by atoms with Crippen LogP contribution in [0.2, 0.25) is 0 Å². The summed E-state index contributed by atoms with van der Waals surface area (Å²) in [5, 5.41) is 20.4. The molecule has 0 spiro atoms. The number of nitrogens with zero attached hydrogens (tertiary/aromatic N) is 2. The maximum absolute atomic E-state index is 10.4. The molecule has 1 heterocycles. The summed E-state index contributed by atoms with van der Waals surface area (Å²) in [6, 6.07) is 2.35. The summed E-state index contributed by atoms with van der Waals surface area (Å²) in [5.41, 5.74) is -0.163. The van der Waals surface area contributed by atoms with Gasteiger partial charge in [0.05, 0.1) is 10.7 Å². The lowest BCUT2D eigenvalue weighted by Crippen LogP contribution is -2.12. The van der Waals surface area contributed by atoms with Crippen molar-refractivity contribution in [1.29, 1.82) is 0 Å². The molecule has 0 unspecified atom stereocenters. The zero-order chi connectivity index (χ0) is 9.84. The molecule has 1 rings (SSSR count). The van der Waals surface area contributed by atoms with Crippen LogP contribution in [0.5, 0.6) is 0 Å². The molecule has 7 nitrogen and oxygen atoms in total. The summed E-state index contributed by atoms with van der Waals surface area (Å²) in [7, 11) is 0. The van der Waals surface area contributed by atoms with E-state index in [1.54, 1.807) is 0 Å². The van der Waals surface area contributed by atoms with Crippen LogP contribution in [0.1, 0.15) is 10.4 Å². The van der Waals surface area contributed by atoms with Gasteiger partial charge in [0.1, 0.15) is 0 Å². The molecule has 0 saturated heterocycles.